The lowest BCUT2D eigenvalue weighted by molar-refractivity contribution is -0.152. The third-order valence-electron chi connectivity index (χ3n) is 9.62. The summed E-state index contributed by atoms with van der Waals surface area (Å²) >= 11 is 1.60. The summed E-state index contributed by atoms with van der Waals surface area (Å²) < 4.78 is 0. The maximum atomic E-state index is 13.9. The number of amides is 1. The number of nitrogens with zero attached hydrogens (tertiary/aromatic N) is 2. The molecule has 1 amide bonds. The molecule has 36 heavy (non-hydrogen) atoms. The maximum absolute atomic E-state index is 13.9. The van der Waals surface area contributed by atoms with Crippen LogP contribution in [0, 0.1) is 23.7 Å². The van der Waals surface area contributed by atoms with Crippen molar-refractivity contribution >= 4 is 23.6 Å². The van der Waals surface area contributed by atoms with Gasteiger partial charge >= 0.3 is 5.97 Å². The first-order valence-electron chi connectivity index (χ1n) is 13.7. The van der Waals surface area contributed by atoms with Gasteiger partial charge in [-0.25, -0.2) is 4.98 Å². The summed E-state index contributed by atoms with van der Waals surface area (Å²) in [6, 6.07) is 3.97. The molecule has 4 bridgehead atoms. The molecule has 0 radical (unpaired) electrons. The van der Waals surface area contributed by atoms with Crippen molar-refractivity contribution in [2.24, 2.45) is 23.7 Å². The standard InChI is InChI=1S/C28H41N3O4S/c1-4-10-36-24-21(6-7-22(30-24)28(17(2)26(33)34)8-5-9-29-16-28)25(32)31(3)23-19-11-18-12-20(23)15-27(35,13-18)14-19/h6-7,17-20,23,29,35H,4-5,8-16H2,1-3H3,(H,33,34)/t17?,18?,19?,20?,23?,27?,28-/m1/s1. The maximum Gasteiger partial charge on any atom is 0.307 e. The predicted octanol–water partition coefficient (Wildman–Crippen LogP) is 3.94. The van der Waals surface area contributed by atoms with Crippen LogP contribution in [0.5, 0.6) is 0 Å². The number of aliphatic carboxylic acids is 1. The average Bonchev–Trinajstić information content (AvgIpc) is 2.85. The molecule has 4 atom stereocenters. The van der Waals surface area contributed by atoms with E-state index in [4.69, 9.17) is 4.98 Å². The number of carboxylic acid groups (broad SMARTS) is 1. The largest absolute Gasteiger partial charge is 0.481 e. The first-order valence-corrected chi connectivity index (χ1v) is 14.7. The van der Waals surface area contributed by atoms with Gasteiger partial charge in [-0.15, -0.1) is 11.8 Å². The molecule has 1 aliphatic heterocycles. The number of nitrogens with one attached hydrogen (secondary N) is 1. The molecule has 0 spiro atoms. The van der Waals surface area contributed by atoms with Crippen molar-refractivity contribution in [1.82, 2.24) is 15.2 Å². The van der Waals surface area contributed by atoms with E-state index in [9.17, 15) is 19.8 Å². The Bertz CT molecular complexity index is 995. The van der Waals surface area contributed by atoms with Gasteiger partial charge in [0.2, 0.25) is 0 Å². The number of piperidine rings is 1. The summed E-state index contributed by atoms with van der Waals surface area (Å²) in [7, 11) is 1.93. The Morgan fingerprint density at radius 2 is 1.97 bits per heavy atom. The van der Waals surface area contributed by atoms with E-state index in [2.05, 4.69) is 12.2 Å². The smallest absolute Gasteiger partial charge is 0.307 e. The monoisotopic (exact) mass is 515 g/mol. The van der Waals surface area contributed by atoms with E-state index < -0.39 is 22.9 Å². The van der Waals surface area contributed by atoms with Crippen molar-refractivity contribution in [2.75, 3.05) is 25.9 Å². The quantitative estimate of drug-likeness (QED) is 0.451. The Balaban J connectivity index is 1.46. The highest BCUT2D eigenvalue weighted by atomic mass is 32.2. The lowest BCUT2D eigenvalue weighted by Gasteiger charge is -2.59. The number of pyridine rings is 1. The molecule has 4 saturated carbocycles. The van der Waals surface area contributed by atoms with Gasteiger partial charge in [-0.2, -0.15) is 0 Å². The van der Waals surface area contributed by atoms with Gasteiger partial charge in [0.05, 0.1) is 22.8 Å². The molecule has 1 saturated heterocycles. The van der Waals surface area contributed by atoms with Gasteiger partial charge in [0.25, 0.3) is 5.91 Å². The minimum absolute atomic E-state index is 0.000724. The van der Waals surface area contributed by atoms with Crippen LogP contribution in [0.1, 0.15) is 81.3 Å². The van der Waals surface area contributed by atoms with E-state index in [1.54, 1.807) is 18.7 Å². The van der Waals surface area contributed by atoms with E-state index in [0.29, 0.717) is 29.9 Å². The lowest BCUT2D eigenvalue weighted by Crippen LogP contribution is -2.61. The molecule has 1 aromatic heterocycles. The number of thioether (sulfide) groups is 1. The third-order valence-corrected chi connectivity index (χ3v) is 10.8. The number of rotatable bonds is 8. The minimum Gasteiger partial charge on any atom is -0.481 e. The van der Waals surface area contributed by atoms with Crippen LogP contribution in [0.25, 0.3) is 0 Å². The molecule has 198 valence electrons. The predicted molar refractivity (Wildman–Crippen MR) is 140 cm³/mol. The van der Waals surface area contributed by atoms with Gasteiger partial charge in [-0.1, -0.05) is 13.8 Å². The second-order valence-corrected chi connectivity index (χ2v) is 13.1. The zero-order chi connectivity index (χ0) is 25.7. The Morgan fingerprint density at radius 1 is 1.25 bits per heavy atom. The van der Waals surface area contributed by atoms with Crippen LogP contribution in [-0.4, -0.2) is 69.5 Å². The average molecular weight is 516 g/mol. The van der Waals surface area contributed by atoms with Crippen LogP contribution in [0.4, 0.5) is 0 Å². The summed E-state index contributed by atoms with van der Waals surface area (Å²) in [4.78, 5) is 33.0. The molecule has 2 heterocycles. The van der Waals surface area contributed by atoms with E-state index in [1.165, 1.54) is 0 Å². The van der Waals surface area contributed by atoms with Crippen molar-refractivity contribution in [3.8, 4) is 0 Å². The molecular weight excluding hydrogens is 474 g/mol. The Morgan fingerprint density at radius 3 is 2.56 bits per heavy atom. The minimum atomic E-state index is -0.813. The van der Waals surface area contributed by atoms with Crippen LogP contribution in [0.3, 0.4) is 0 Å². The Hall–Kier alpha value is -1.64. The SMILES string of the molecule is CCCSc1nc([C@]2(C(C)C(=O)O)CCCNC2)ccc1C(=O)N(C)C1C2CC3CC1CC(O)(C3)C2. The normalized spacial score (nSPS) is 36.0. The highest BCUT2D eigenvalue weighted by Gasteiger charge is 2.56. The van der Waals surface area contributed by atoms with Gasteiger partial charge in [0.15, 0.2) is 0 Å². The molecule has 8 heteroatoms. The fourth-order valence-electron chi connectivity index (χ4n) is 8.08. The van der Waals surface area contributed by atoms with E-state index in [0.717, 1.165) is 74.4 Å². The van der Waals surface area contributed by atoms with Crippen molar-refractivity contribution in [3.05, 3.63) is 23.4 Å². The second-order valence-electron chi connectivity index (χ2n) is 12.0. The topological polar surface area (TPSA) is 103 Å². The van der Waals surface area contributed by atoms with Crippen LogP contribution in [-0.2, 0) is 10.2 Å². The molecular formula is C28H41N3O4S. The number of carboxylic acids is 1. The molecule has 3 N–H and O–H groups in total. The van der Waals surface area contributed by atoms with Crippen molar-refractivity contribution in [2.45, 2.75) is 87.3 Å². The lowest BCUT2D eigenvalue weighted by atomic mass is 9.52. The summed E-state index contributed by atoms with van der Waals surface area (Å²) in [5.41, 5.74) is 0.287. The van der Waals surface area contributed by atoms with Crippen LogP contribution >= 0.6 is 11.8 Å². The molecule has 3 unspecified atom stereocenters. The van der Waals surface area contributed by atoms with Crippen LogP contribution in [0.15, 0.2) is 17.2 Å². The number of aliphatic hydroxyl groups is 1. The number of hydrogen-bond acceptors (Lipinski definition) is 6. The molecule has 4 aliphatic carbocycles. The highest BCUT2D eigenvalue weighted by molar-refractivity contribution is 7.99. The summed E-state index contributed by atoms with van der Waals surface area (Å²) in [6.45, 7) is 5.35. The number of carbonyl (C=O) groups is 2. The molecule has 6 rings (SSSR count). The molecule has 5 fully saturated rings. The molecule has 1 aromatic rings. The van der Waals surface area contributed by atoms with Crippen LogP contribution in [0.2, 0.25) is 0 Å². The highest BCUT2D eigenvalue weighted by Crippen LogP contribution is 2.57. The second kappa shape index (κ2) is 9.91. The van der Waals surface area contributed by atoms with Gasteiger partial charge in [0.1, 0.15) is 5.03 Å². The first kappa shape index (κ1) is 26.0. The zero-order valence-corrected chi connectivity index (χ0v) is 22.6. The van der Waals surface area contributed by atoms with E-state index >= 15 is 0 Å². The van der Waals surface area contributed by atoms with Crippen LogP contribution < -0.4 is 5.32 Å². The van der Waals surface area contributed by atoms with Crippen molar-refractivity contribution < 1.29 is 19.8 Å². The van der Waals surface area contributed by atoms with E-state index in [-0.39, 0.29) is 11.9 Å². The molecule has 5 aliphatic rings. The number of carbonyl (C=O) groups excluding carboxylic acids is 1. The summed E-state index contributed by atoms with van der Waals surface area (Å²) in [5, 5.41) is 25.0. The van der Waals surface area contributed by atoms with E-state index in [1.807, 2.05) is 24.1 Å². The summed E-state index contributed by atoms with van der Waals surface area (Å²) in [6.07, 6.45) is 7.39. The molecule has 0 aromatic carbocycles. The Kier molecular flexibility index (Phi) is 7.16. The van der Waals surface area contributed by atoms with Crippen molar-refractivity contribution in [3.63, 3.8) is 0 Å². The fraction of sp³-hybridized carbons (Fsp3) is 0.750. The zero-order valence-electron chi connectivity index (χ0n) is 21.8. The third kappa shape index (κ3) is 4.47. The number of aromatic nitrogens is 1. The first-order chi connectivity index (χ1) is 17.2. The number of hydrogen-bond donors (Lipinski definition) is 3. The fourth-order valence-corrected chi connectivity index (χ4v) is 8.95. The Labute approximate surface area is 218 Å². The van der Waals surface area contributed by atoms with Gasteiger partial charge in [-0.3, -0.25) is 9.59 Å². The molecule has 7 nitrogen and oxygen atoms in total. The summed E-state index contributed by atoms with van der Waals surface area (Å²) in [5.74, 6) is 0.782. The van der Waals surface area contributed by atoms with Gasteiger partial charge < -0.3 is 20.4 Å². The van der Waals surface area contributed by atoms with Crippen molar-refractivity contribution in [1.29, 1.82) is 0 Å². The van der Waals surface area contributed by atoms with Gasteiger partial charge in [0, 0.05) is 25.0 Å². The van der Waals surface area contributed by atoms with Gasteiger partial charge in [-0.05, 0) is 93.6 Å².